The fourth-order valence-corrected chi connectivity index (χ4v) is 4.55. The van der Waals surface area contributed by atoms with Gasteiger partial charge in [-0.1, -0.05) is 24.6 Å². The summed E-state index contributed by atoms with van der Waals surface area (Å²) in [5, 5.41) is 2.87. The van der Waals surface area contributed by atoms with Crippen LogP contribution in [0.15, 0.2) is 23.1 Å². The first-order valence-corrected chi connectivity index (χ1v) is 8.25. The number of hydrogen-bond donors (Lipinski definition) is 1. The number of nitrogens with zero attached hydrogens (tertiary/aromatic N) is 1. The van der Waals surface area contributed by atoms with E-state index in [2.05, 4.69) is 5.32 Å². The lowest BCUT2D eigenvalue weighted by Gasteiger charge is -2.33. The third-order valence-corrected chi connectivity index (χ3v) is 5.73. The van der Waals surface area contributed by atoms with Gasteiger partial charge < -0.3 is 5.32 Å². The zero-order valence-electron chi connectivity index (χ0n) is 11.4. The molecule has 1 aliphatic rings. The molecule has 1 heterocycles. The van der Waals surface area contributed by atoms with E-state index in [0.717, 1.165) is 5.56 Å². The molecule has 1 aromatic rings. The van der Waals surface area contributed by atoms with Crippen LogP contribution >= 0.6 is 11.6 Å². The summed E-state index contributed by atoms with van der Waals surface area (Å²) in [6.07, 6.45) is 0.425. The topological polar surface area (TPSA) is 66.5 Å². The molecule has 0 aromatic heterocycles. The highest BCUT2D eigenvalue weighted by Gasteiger charge is 2.38. The van der Waals surface area contributed by atoms with Gasteiger partial charge in [0.05, 0.1) is 5.02 Å². The third kappa shape index (κ3) is 2.68. The van der Waals surface area contributed by atoms with Gasteiger partial charge in [0, 0.05) is 13.1 Å². The van der Waals surface area contributed by atoms with E-state index in [9.17, 15) is 13.2 Å². The normalized spacial score (nSPS) is 20.8. The molecule has 1 fully saturated rings. The molecule has 0 radical (unpaired) electrons. The number of piperazine rings is 1. The van der Waals surface area contributed by atoms with Gasteiger partial charge in [-0.15, -0.1) is 0 Å². The Hall–Kier alpha value is -1.11. The van der Waals surface area contributed by atoms with Gasteiger partial charge in [0.1, 0.15) is 10.9 Å². The van der Waals surface area contributed by atoms with Crippen molar-refractivity contribution in [2.45, 2.75) is 31.2 Å². The Kier molecular flexibility index (Phi) is 4.36. The highest BCUT2D eigenvalue weighted by Crippen LogP contribution is 2.28. The van der Waals surface area contributed by atoms with Crippen molar-refractivity contribution in [1.29, 1.82) is 0 Å². The van der Waals surface area contributed by atoms with E-state index in [1.54, 1.807) is 19.1 Å². The molecule has 1 atom stereocenters. The van der Waals surface area contributed by atoms with Gasteiger partial charge in [-0.3, -0.25) is 4.79 Å². The van der Waals surface area contributed by atoms with Crippen LogP contribution in [0.5, 0.6) is 0 Å². The Morgan fingerprint density at radius 3 is 2.75 bits per heavy atom. The highest BCUT2D eigenvalue weighted by atomic mass is 35.5. The molecule has 1 unspecified atom stereocenters. The fraction of sp³-hybridized carbons (Fsp3) is 0.462. The first-order chi connectivity index (χ1) is 9.37. The van der Waals surface area contributed by atoms with Crippen molar-refractivity contribution in [2.75, 3.05) is 13.1 Å². The van der Waals surface area contributed by atoms with Gasteiger partial charge in [0.25, 0.3) is 0 Å². The number of carbonyl (C=O) groups is 1. The third-order valence-electron chi connectivity index (χ3n) is 3.34. The lowest BCUT2D eigenvalue weighted by Crippen LogP contribution is -2.56. The molecule has 1 aromatic carbocycles. The molecule has 0 aliphatic carbocycles. The zero-order valence-corrected chi connectivity index (χ0v) is 13.0. The molecule has 5 nitrogen and oxygen atoms in total. The molecular formula is C13H17ClN2O3S. The molecule has 1 N–H and O–H groups in total. The molecule has 110 valence electrons. The summed E-state index contributed by atoms with van der Waals surface area (Å²) in [6, 6.07) is 4.13. The SMILES string of the molecule is CCC1C(=O)NCCN1S(=O)(=O)c1ccc(C)cc1Cl. The maximum absolute atomic E-state index is 12.7. The number of nitrogens with one attached hydrogen (secondary N) is 1. The minimum absolute atomic E-state index is 0.0536. The Morgan fingerprint density at radius 2 is 2.15 bits per heavy atom. The van der Waals surface area contributed by atoms with E-state index in [1.807, 2.05) is 6.92 Å². The number of halogens is 1. The van der Waals surface area contributed by atoms with Crippen LogP contribution in [0.25, 0.3) is 0 Å². The lowest BCUT2D eigenvalue weighted by atomic mass is 10.2. The van der Waals surface area contributed by atoms with Gasteiger partial charge in [-0.05, 0) is 31.0 Å². The summed E-state index contributed by atoms with van der Waals surface area (Å²) in [5.74, 6) is -0.259. The zero-order chi connectivity index (χ0) is 14.9. The highest BCUT2D eigenvalue weighted by molar-refractivity contribution is 7.89. The summed E-state index contributed by atoms with van der Waals surface area (Å²) in [5.41, 5.74) is 0.886. The Bertz CT molecular complexity index is 631. The summed E-state index contributed by atoms with van der Waals surface area (Å²) >= 11 is 6.05. The smallest absolute Gasteiger partial charge is 0.245 e. The Morgan fingerprint density at radius 1 is 1.45 bits per heavy atom. The van der Waals surface area contributed by atoms with Crippen LogP contribution in [0.1, 0.15) is 18.9 Å². The van der Waals surface area contributed by atoms with Crippen LogP contribution in [0.4, 0.5) is 0 Å². The maximum Gasteiger partial charge on any atom is 0.245 e. The van der Waals surface area contributed by atoms with Gasteiger partial charge in [-0.25, -0.2) is 8.42 Å². The monoisotopic (exact) mass is 316 g/mol. The van der Waals surface area contributed by atoms with E-state index in [1.165, 1.54) is 10.4 Å². The second kappa shape index (κ2) is 5.71. The van der Waals surface area contributed by atoms with Crippen molar-refractivity contribution < 1.29 is 13.2 Å². The number of aryl methyl sites for hydroxylation is 1. The average molecular weight is 317 g/mol. The first-order valence-electron chi connectivity index (χ1n) is 6.43. The van der Waals surface area contributed by atoms with Crippen LogP contribution in [0, 0.1) is 6.92 Å². The Labute approximate surface area is 124 Å². The van der Waals surface area contributed by atoms with Crippen LogP contribution in [-0.4, -0.2) is 37.8 Å². The number of amides is 1. The summed E-state index contributed by atoms with van der Waals surface area (Å²) < 4.78 is 26.6. The van der Waals surface area contributed by atoms with Crippen LogP contribution in [0.3, 0.4) is 0 Å². The molecule has 0 saturated carbocycles. The molecule has 1 amide bonds. The summed E-state index contributed by atoms with van der Waals surface area (Å²) in [4.78, 5) is 11.9. The molecule has 20 heavy (non-hydrogen) atoms. The van der Waals surface area contributed by atoms with Crippen molar-refractivity contribution in [2.24, 2.45) is 0 Å². The lowest BCUT2D eigenvalue weighted by molar-refractivity contribution is -0.126. The second-order valence-corrected chi connectivity index (χ2v) is 7.03. The minimum atomic E-state index is -3.76. The second-order valence-electron chi connectivity index (χ2n) is 4.76. The fourth-order valence-electron chi connectivity index (χ4n) is 2.31. The minimum Gasteiger partial charge on any atom is -0.353 e. The molecule has 0 bridgehead atoms. The molecular weight excluding hydrogens is 300 g/mol. The van der Waals surface area contributed by atoms with E-state index in [4.69, 9.17) is 11.6 Å². The van der Waals surface area contributed by atoms with Crippen LogP contribution in [-0.2, 0) is 14.8 Å². The van der Waals surface area contributed by atoms with Crippen molar-refractivity contribution in [3.05, 3.63) is 28.8 Å². The van der Waals surface area contributed by atoms with Gasteiger partial charge in [0.2, 0.25) is 15.9 Å². The number of carbonyl (C=O) groups excluding carboxylic acids is 1. The van der Waals surface area contributed by atoms with Crippen molar-refractivity contribution in [3.63, 3.8) is 0 Å². The van der Waals surface area contributed by atoms with Crippen LogP contribution < -0.4 is 5.32 Å². The standard InChI is InChI=1S/C13H17ClN2O3S/c1-3-11-13(17)15-6-7-16(11)20(18,19)12-5-4-9(2)8-10(12)14/h4-5,8,11H,3,6-7H2,1-2H3,(H,15,17). The van der Waals surface area contributed by atoms with E-state index >= 15 is 0 Å². The summed E-state index contributed by atoms with van der Waals surface area (Å²) in [7, 11) is -3.76. The van der Waals surface area contributed by atoms with Gasteiger partial charge in [-0.2, -0.15) is 4.31 Å². The predicted molar refractivity (Wildman–Crippen MR) is 77.2 cm³/mol. The first kappa shape index (κ1) is 15.3. The van der Waals surface area contributed by atoms with Crippen molar-refractivity contribution in [3.8, 4) is 0 Å². The van der Waals surface area contributed by atoms with Gasteiger partial charge >= 0.3 is 0 Å². The largest absolute Gasteiger partial charge is 0.353 e. The molecule has 7 heteroatoms. The molecule has 1 saturated heterocycles. The number of benzene rings is 1. The van der Waals surface area contributed by atoms with Crippen molar-refractivity contribution >= 4 is 27.5 Å². The van der Waals surface area contributed by atoms with Crippen LogP contribution in [0.2, 0.25) is 5.02 Å². The number of sulfonamides is 1. The maximum atomic E-state index is 12.7. The van der Waals surface area contributed by atoms with E-state index in [-0.39, 0.29) is 22.4 Å². The van der Waals surface area contributed by atoms with Gasteiger partial charge in [0.15, 0.2) is 0 Å². The average Bonchev–Trinajstić information content (AvgIpc) is 2.37. The molecule has 0 spiro atoms. The van der Waals surface area contributed by atoms with E-state index < -0.39 is 16.1 Å². The summed E-state index contributed by atoms with van der Waals surface area (Å²) in [6.45, 7) is 4.20. The quantitative estimate of drug-likeness (QED) is 0.920. The molecule has 1 aliphatic heterocycles. The number of rotatable bonds is 3. The van der Waals surface area contributed by atoms with Crippen molar-refractivity contribution in [1.82, 2.24) is 9.62 Å². The molecule has 2 rings (SSSR count). The van der Waals surface area contributed by atoms with E-state index in [0.29, 0.717) is 13.0 Å². The predicted octanol–water partition coefficient (Wildman–Crippen LogP) is 1.55. The Balaban J connectivity index is 2.45. The number of hydrogen-bond acceptors (Lipinski definition) is 3.